The van der Waals surface area contributed by atoms with E-state index in [0.29, 0.717) is 23.7 Å². The molecule has 0 amide bonds. The second kappa shape index (κ2) is 12.6. The van der Waals surface area contributed by atoms with Crippen LogP contribution >= 0.6 is 12.2 Å². The van der Waals surface area contributed by atoms with Crippen LogP contribution in [0, 0.1) is 4.77 Å². The summed E-state index contributed by atoms with van der Waals surface area (Å²) in [6.45, 7) is 2.18. The van der Waals surface area contributed by atoms with Crippen molar-refractivity contribution in [2.75, 3.05) is 19.8 Å². The molecule has 2 N–H and O–H groups in total. The molecule has 0 radical (unpaired) electrons. The van der Waals surface area contributed by atoms with E-state index in [2.05, 4.69) is 46.4 Å². The lowest BCUT2D eigenvalue weighted by molar-refractivity contribution is -0.162. The van der Waals surface area contributed by atoms with Crippen LogP contribution in [0.3, 0.4) is 0 Å². The van der Waals surface area contributed by atoms with Crippen molar-refractivity contribution >= 4 is 23.1 Å². The topological polar surface area (TPSA) is 94.4 Å². The Kier molecular flexibility index (Phi) is 8.36. The van der Waals surface area contributed by atoms with Gasteiger partial charge in [0.2, 0.25) is 5.88 Å². The fraction of sp³-hybridized carbons (Fsp3) is 0.281. The zero-order valence-corrected chi connectivity index (χ0v) is 23.5. The number of ether oxygens (including phenoxy) is 3. The molecule has 0 spiro atoms. The van der Waals surface area contributed by atoms with Crippen LogP contribution in [0.1, 0.15) is 32.1 Å². The number of aromatic hydroxyl groups is 1. The number of fused-ring (bicyclic) bond motifs is 1. The number of rotatable bonds is 10. The van der Waals surface area contributed by atoms with E-state index >= 15 is 0 Å². The van der Waals surface area contributed by atoms with Gasteiger partial charge in [-0.3, -0.25) is 9.55 Å². The summed E-state index contributed by atoms with van der Waals surface area (Å²) >= 11 is 5.41. The van der Waals surface area contributed by atoms with Gasteiger partial charge in [0, 0.05) is 36.6 Å². The summed E-state index contributed by atoms with van der Waals surface area (Å²) in [6.07, 6.45) is 10.1. The Labute approximate surface area is 243 Å². The molecule has 1 fully saturated rings. The van der Waals surface area contributed by atoms with E-state index in [1.54, 1.807) is 17.0 Å². The predicted octanol–water partition coefficient (Wildman–Crippen LogP) is 7.22. The van der Waals surface area contributed by atoms with Gasteiger partial charge in [-0.1, -0.05) is 36.4 Å². The number of aromatic amines is 1. The maximum atomic E-state index is 10.4. The largest absolute Gasteiger partial charge is 0.494 e. The third-order valence-corrected chi connectivity index (χ3v) is 7.50. The number of pyridine rings is 2. The zero-order valence-electron chi connectivity index (χ0n) is 22.7. The van der Waals surface area contributed by atoms with Gasteiger partial charge in [-0.2, -0.15) is 0 Å². The van der Waals surface area contributed by atoms with Gasteiger partial charge in [0.25, 0.3) is 0 Å². The Hall–Kier alpha value is -4.05. The van der Waals surface area contributed by atoms with Crippen LogP contribution in [0.2, 0.25) is 0 Å². The fourth-order valence-corrected chi connectivity index (χ4v) is 5.26. The molecule has 0 saturated carbocycles. The maximum Gasteiger partial charge on any atom is 0.214 e. The number of aromatic nitrogens is 4. The monoisotopic (exact) mass is 568 g/mol. The lowest BCUT2D eigenvalue weighted by Crippen LogP contribution is -2.22. The Morgan fingerprint density at radius 1 is 0.976 bits per heavy atom. The molecule has 0 aliphatic carbocycles. The summed E-state index contributed by atoms with van der Waals surface area (Å²) in [7, 11) is 0. The highest BCUT2D eigenvalue weighted by Crippen LogP contribution is 2.31. The summed E-state index contributed by atoms with van der Waals surface area (Å²) in [5.74, 6) is 0.884. The fourth-order valence-electron chi connectivity index (χ4n) is 5.00. The Balaban J connectivity index is 1.10. The average molecular weight is 569 g/mol. The van der Waals surface area contributed by atoms with Gasteiger partial charge in [0.15, 0.2) is 11.1 Å². The number of hydrogen-bond donors (Lipinski definition) is 2. The molecule has 5 aromatic rings. The normalized spacial score (nSPS) is 15.3. The second-order valence-corrected chi connectivity index (χ2v) is 10.4. The number of imidazole rings is 1. The van der Waals surface area contributed by atoms with Gasteiger partial charge in [0.1, 0.15) is 5.75 Å². The summed E-state index contributed by atoms with van der Waals surface area (Å²) in [6, 6.07) is 20.2. The Bertz CT molecular complexity index is 1660. The average Bonchev–Trinajstić information content (AvgIpc) is 3.36. The minimum Gasteiger partial charge on any atom is -0.494 e. The number of H-pyrrole nitrogens is 1. The van der Waals surface area contributed by atoms with E-state index in [-0.39, 0.29) is 12.2 Å². The van der Waals surface area contributed by atoms with Crippen molar-refractivity contribution in [3.63, 3.8) is 0 Å². The summed E-state index contributed by atoms with van der Waals surface area (Å²) in [5, 5.41) is 11.2. The lowest BCUT2D eigenvalue weighted by atomic mass is 10.0. The molecule has 0 bridgehead atoms. The first-order valence-corrected chi connectivity index (χ1v) is 14.4. The summed E-state index contributed by atoms with van der Waals surface area (Å²) < 4.78 is 19.3. The first-order valence-electron chi connectivity index (χ1n) is 14.0. The molecule has 8 nitrogen and oxygen atoms in total. The van der Waals surface area contributed by atoms with E-state index in [0.717, 1.165) is 71.3 Å². The van der Waals surface area contributed by atoms with Crippen LogP contribution in [-0.2, 0) is 9.47 Å². The summed E-state index contributed by atoms with van der Waals surface area (Å²) in [5.41, 5.74) is 5.40. The van der Waals surface area contributed by atoms with Gasteiger partial charge >= 0.3 is 0 Å². The molecule has 1 aliphatic heterocycles. The smallest absolute Gasteiger partial charge is 0.214 e. The molecular formula is C32H32N4O4S. The molecular weight excluding hydrogens is 536 g/mol. The third-order valence-electron chi connectivity index (χ3n) is 7.20. The molecule has 4 heterocycles. The van der Waals surface area contributed by atoms with Crippen molar-refractivity contribution in [3.8, 4) is 39.7 Å². The third kappa shape index (κ3) is 6.32. The molecule has 41 heavy (non-hydrogen) atoms. The molecule has 1 aliphatic rings. The van der Waals surface area contributed by atoms with Gasteiger partial charge in [-0.15, -0.1) is 0 Å². The standard InChI is InChI=1S/C32H32N4O4S/c37-30-21-34-32(41)36(30)29-19-28(35-27-14-15-33-20-26(27)29)24-8-6-22(7-9-24)23-10-12-25(13-11-23)38-16-3-4-18-40-31-5-1-2-17-39-31/h6-15,19-21,31,37H,1-5,16-18H2,(H,34,41). The predicted molar refractivity (Wildman–Crippen MR) is 161 cm³/mol. The van der Waals surface area contributed by atoms with Crippen LogP contribution in [-0.4, -0.2) is 50.7 Å². The quantitative estimate of drug-likeness (QED) is 0.136. The van der Waals surface area contributed by atoms with Crippen molar-refractivity contribution in [1.82, 2.24) is 19.5 Å². The van der Waals surface area contributed by atoms with E-state index in [1.807, 2.05) is 24.3 Å². The molecule has 210 valence electrons. The first-order chi connectivity index (χ1) is 20.2. The van der Waals surface area contributed by atoms with E-state index in [1.165, 1.54) is 12.6 Å². The number of benzene rings is 2. The highest BCUT2D eigenvalue weighted by molar-refractivity contribution is 7.71. The number of nitrogens with one attached hydrogen (secondary N) is 1. The molecule has 1 unspecified atom stereocenters. The van der Waals surface area contributed by atoms with Crippen LogP contribution in [0.5, 0.6) is 11.6 Å². The van der Waals surface area contributed by atoms with Gasteiger partial charge < -0.3 is 24.3 Å². The van der Waals surface area contributed by atoms with Crippen molar-refractivity contribution < 1.29 is 19.3 Å². The van der Waals surface area contributed by atoms with Crippen LogP contribution in [0.4, 0.5) is 0 Å². The molecule has 2 aromatic carbocycles. The lowest BCUT2D eigenvalue weighted by Gasteiger charge is -2.22. The van der Waals surface area contributed by atoms with Crippen LogP contribution in [0.25, 0.3) is 39.0 Å². The van der Waals surface area contributed by atoms with Crippen molar-refractivity contribution in [2.24, 2.45) is 0 Å². The number of nitrogens with zero attached hydrogens (tertiary/aromatic N) is 3. The van der Waals surface area contributed by atoms with E-state index in [4.69, 9.17) is 31.4 Å². The van der Waals surface area contributed by atoms with Crippen molar-refractivity contribution in [2.45, 2.75) is 38.4 Å². The van der Waals surface area contributed by atoms with Gasteiger partial charge in [-0.05, 0) is 79.7 Å². The van der Waals surface area contributed by atoms with Crippen molar-refractivity contribution in [1.29, 1.82) is 0 Å². The van der Waals surface area contributed by atoms with Crippen LogP contribution < -0.4 is 4.74 Å². The minimum absolute atomic E-state index is 0.0247. The summed E-state index contributed by atoms with van der Waals surface area (Å²) in [4.78, 5) is 12.0. The number of hydrogen-bond acceptors (Lipinski definition) is 7. The molecule has 3 aromatic heterocycles. The van der Waals surface area contributed by atoms with Gasteiger partial charge in [0.05, 0.1) is 29.7 Å². The number of unbranched alkanes of at least 4 members (excludes halogenated alkanes) is 1. The molecule has 6 rings (SSSR count). The highest BCUT2D eigenvalue weighted by Gasteiger charge is 2.14. The molecule has 1 atom stereocenters. The highest BCUT2D eigenvalue weighted by atomic mass is 32.1. The maximum absolute atomic E-state index is 10.4. The zero-order chi connectivity index (χ0) is 28.0. The van der Waals surface area contributed by atoms with Crippen molar-refractivity contribution in [3.05, 3.63) is 84.0 Å². The first kappa shape index (κ1) is 27.1. The SMILES string of the molecule is Oc1c[nH]c(=S)n1-c1cc(-c2ccc(-c3ccc(OCCCCOC4CCCCO4)cc3)cc2)nc2ccncc12. The van der Waals surface area contributed by atoms with E-state index in [9.17, 15) is 5.11 Å². The Morgan fingerprint density at radius 2 is 1.73 bits per heavy atom. The minimum atomic E-state index is -0.0247. The second-order valence-electron chi connectivity index (χ2n) is 10.0. The van der Waals surface area contributed by atoms with Gasteiger partial charge in [-0.25, -0.2) is 4.98 Å². The Morgan fingerprint density at radius 3 is 2.46 bits per heavy atom. The molecule has 1 saturated heterocycles. The molecule has 9 heteroatoms. The van der Waals surface area contributed by atoms with E-state index < -0.39 is 0 Å². The van der Waals surface area contributed by atoms with Crippen LogP contribution in [0.15, 0.2) is 79.3 Å².